The first kappa shape index (κ1) is 34.9. The summed E-state index contributed by atoms with van der Waals surface area (Å²) in [4.78, 5) is 7.59. The van der Waals surface area contributed by atoms with Gasteiger partial charge < -0.3 is 10.2 Å². The van der Waals surface area contributed by atoms with Crippen LogP contribution in [0.1, 0.15) is 79.4 Å². The minimum Gasteiger partial charge on any atom is -0.359 e. The molecule has 0 radical (unpaired) electrons. The number of aliphatic imine (C=N–C) groups is 1. The number of hydrogen-bond donors (Lipinski definition) is 1. The summed E-state index contributed by atoms with van der Waals surface area (Å²) in [6, 6.07) is 6.32. The van der Waals surface area contributed by atoms with Crippen molar-refractivity contribution < 1.29 is 0 Å². The fraction of sp³-hybridized carbons (Fsp3) is 0.452. The van der Waals surface area contributed by atoms with Gasteiger partial charge in [-0.05, 0) is 103 Å². The zero-order chi connectivity index (χ0) is 27.6. The molecule has 0 heterocycles. The normalized spacial score (nSPS) is 11.0. The summed E-state index contributed by atoms with van der Waals surface area (Å²) < 4.78 is 0. The molecule has 1 rings (SSSR count). The third kappa shape index (κ3) is 16.1. The molecule has 35 heavy (non-hydrogen) atoms. The van der Waals surface area contributed by atoms with Crippen LogP contribution in [0.15, 0.2) is 75.7 Å². The zero-order valence-electron chi connectivity index (χ0n) is 24.4. The number of aryl methyl sites for hydroxylation is 1. The second-order valence-corrected chi connectivity index (χ2v) is 9.68. The number of rotatable bonds is 11. The molecule has 0 aliphatic heterocycles. The summed E-state index contributed by atoms with van der Waals surface area (Å²) >= 11 is 1.66. The average molecular weight is 498 g/mol. The van der Waals surface area contributed by atoms with Crippen molar-refractivity contribution in [2.45, 2.75) is 75.2 Å². The van der Waals surface area contributed by atoms with E-state index in [9.17, 15) is 0 Å². The third-order valence-electron chi connectivity index (χ3n) is 4.70. The van der Waals surface area contributed by atoms with Gasteiger partial charge in [-0.15, -0.1) is 6.58 Å². The van der Waals surface area contributed by atoms with Crippen LogP contribution in [0, 0.1) is 6.92 Å². The van der Waals surface area contributed by atoms with E-state index >= 15 is 0 Å². The average Bonchev–Trinajstić information content (AvgIpc) is 2.82. The van der Waals surface area contributed by atoms with E-state index in [1.807, 2.05) is 27.0 Å². The van der Waals surface area contributed by atoms with Gasteiger partial charge in [0, 0.05) is 29.1 Å². The van der Waals surface area contributed by atoms with E-state index in [1.54, 1.807) is 11.8 Å². The van der Waals surface area contributed by atoms with E-state index in [-0.39, 0.29) is 0 Å². The van der Waals surface area contributed by atoms with Gasteiger partial charge in [-0.3, -0.25) is 4.99 Å². The van der Waals surface area contributed by atoms with Crippen molar-refractivity contribution in [3.63, 3.8) is 0 Å². The molecular weight excluding hydrogens is 446 g/mol. The Morgan fingerprint density at radius 3 is 2.09 bits per heavy atom. The third-order valence-corrected chi connectivity index (χ3v) is 5.88. The maximum atomic E-state index is 4.40. The highest BCUT2D eigenvalue weighted by Crippen LogP contribution is 2.31. The monoisotopic (exact) mass is 497 g/mol. The van der Waals surface area contributed by atoms with Gasteiger partial charge in [0.15, 0.2) is 0 Å². The van der Waals surface area contributed by atoms with E-state index in [1.165, 1.54) is 11.1 Å². The molecule has 0 saturated carbocycles. The molecule has 0 bridgehead atoms. The Hall–Kier alpha value is -2.30. The largest absolute Gasteiger partial charge is 0.359 e. The predicted molar refractivity (Wildman–Crippen MR) is 166 cm³/mol. The molecule has 0 unspecified atom stereocenters. The van der Waals surface area contributed by atoms with Crippen LogP contribution in [0.3, 0.4) is 0 Å². The Morgan fingerprint density at radius 2 is 1.69 bits per heavy atom. The van der Waals surface area contributed by atoms with Crippen LogP contribution < -0.4 is 5.32 Å². The van der Waals surface area contributed by atoms with Gasteiger partial charge in [-0.1, -0.05) is 62.9 Å². The number of allylic oxidation sites excluding steroid dienone is 3. The molecule has 0 aromatic heterocycles. The summed E-state index contributed by atoms with van der Waals surface area (Å²) in [5.74, 6) is 0. The molecule has 4 heteroatoms. The first-order chi connectivity index (χ1) is 16.4. The van der Waals surface area contributed by atoms with Gasteiger partial charge in [-0.2, -0.15) is 0 Å². The summed E-state index contributed by atoms with van der Waals surface area (Å²) in [7, 11) is 4.14. The highest BCUT2D eigenvalue weighted by molar-refractivity contribution is 8.06. The summed E-state index contributed by atoms with van der Waals surface area (Å²) in [5, 5.41) is 5.61. The molecule has 3 nitrogen and oxygen atoms in total. The topological polar surface area (TPSA) is 27.6 Å². The number of benzene rings is 1. The van der Waals surface area contributed by atoms with Crippen LogP contribution in [0.2, 0.25) is 0 Å². The summed E-state index contributed by atoms with van der Waals surface area (Å²) in [5.41, 5.74) is 8.97. The number of nitrogens with zero attached hydrogens (tertiary/aromatic N) is 2. The lowest BCUT2D eigenvalue weighted by Gasteiger charge is -2.18. The van der Waals surface area contributed by atoms with Crippen LogP contribution in [0.25, 0.3) is 5.70 Å². The molecule has 0 fully saturated rings. The fourth-order valence-electron chi connectivity index (χ4n) is 2.57. The number of nitrogens with one attached hydrogen (secondary N) is 1. The van der Waals surface area contributed by atoms with E-state index in [4.69, 9.17) is 0 Å². The standard InChI is InChI=1S/C22H30N2S.C7H15N.C2H6/c1-9-17(6)24-22(18(7)19(8)25-14-15(3)4)20-11-12-21(23-10-2)16(5)13-20;1-7(2)5-6-8(3)4;1-2/h10-14,24H,6,8-9H2,1-5,7H3;1,5-6H2,2-4H3;1-2H3/b22-18+,23-10?;;. The van der Waals surface area contributed by atoms with Crippen molar-refractivity contribution in [1.82, 2.24) is 10.2 Å². The molecule has 0 atom stereocenters. The molecule has 0 aliphatic rings. The van der Waals surface area contributed by atoms with Crippen LogP contribution >= 0.6 is 11.8 Å². The minimum atomic E-state index is 0.877. The summed E-state index contributed by atoms with van der Waals surface area (Å²) in [6.07, 6.45) is 3.81. The molecule has 1 N–H and O–H groups in total. The second kappa shape index (κ2) is 19.9. The molecule has 196 valence electrons. The Bertz CT molecular complexity index is 898. The Morgan fingerprint density at radius 1 is 1.09 bits per heavy atom. The van der Waals surface area contributed by atoms with Crippen LogP contribution in [0.5, 0.6) is 0 Å². The molecule has 1 aromatic rings. The highest BCUT2D eigenvalue weighted by atomic mass is 32.2. The maximum absolute atomic E-state index is 4.40. The van der Waals surface area contributed by atoms with Crippen LogP contribution in [0.4, 0.5) is 5.69 Å². The second-order valence-electron chi connectivity index (χ2n) is 8.72. The smallest absolute Gasteiger partial charge is 0.0655 e. The van der Waals surface area contributed by atoms with Gasteiger partial charge in [0.25, 0.3) is 0 Å². The lowest BCUT2D eigenvalue weighted by Crippen LogP contribution is -2.12. The fourth-order valence-corrected chi connectivity index (χ4v) is 3.23. The molecule has 0 saturated heterocycles. The van der Waals surface area contributed by atoms with Crippen LogP contribution in [-0.2, 0) is 0 Å². The lowest BCUT2D eigenvalue weighted by atomic mass is 10.0. The predicted octanol–water partition coefficient (Wildman–Crippen LogP) is 9.67. The molecule has 0 spiro atoms. The summed E-state index contributed by atoms with van der Waals surface area (Å²) in [6.45, 7) is 31.7. The Labute approximate surface area is 221 Å². The van der Waals surface area contributed by atoms with Gasteiger partial charge in [-0.25, -0.2) is 0 Å². The van der Waals surface area contributed by atoms with Crippen molar-refractivity contribution in [3.05, 3.63) is 81.8 Å². The first-order valence-electron chi connectivity index (χ1n) is 12.5. The molecule has 0 aliphatic carbocycles. The number of hydrogen-bond acceptors (Lipinski definition) is 4. The van der Waals surface area contributed by atoms with E-state index in [0.717, 1.165) is 58.1 Å². The highest BCUT2D eigenvalue weighted by Gasteiger charge is 2.11. The van der Waals surface area contributed by atoms with E-state index in [0.29, 0.717) is 0 Å². The van der Waals surface area contributed by atoms with Gasteiger partial charge in [0.05, 0.1) is 5.69 Å². The lowest BCUT2D eigenvalue weighted by molar-refractivity contribution is 0.413. The van der Waals surface area contributed by atoms with Crippen molar-refractivity contribution in [2.24, 2.45) is 4.99 Å². The zero-order valence-corrected chi connectivity index (χ0v) is 25.2. The van der Waals surface area contributed by atoms with Crippen LogP contribution in [-0.4, -0.2) is 31.8 Å². The first-order valence-corrected chi connectivity index (χ1v) is 13.3. The van der Waals surface area contributed by atoms with Gasteiger partial charge in [0.2, 0.25) is 0 Å². The molecular formula is C31H51N3S. The van der Waals surface area contributed by atoms with Crippen molar-refractivity contribution in [1.29, 1.82) is 0 Å². The maximum Gasteiger partial charge on any atom is 0.0655 e. The minimum absolute atomic E-state index is 0.877. The SMILES string of the molecule is C=C(C)CCN(C)C.C=C(CC)N/C(=C(\C)C(=C)SC=C(C)C)c1ccc(N=CC)c(C)c1.CC. The molecule has 1 aromatic carbocycles. The van der Waals surface area contributed by atoms with E-state index in [2.05, 4.69) is 114 Å². The molecule has 0 amide bonds. The van der Waals surface area contributed by atoms with Gasteiger partial charge in [0.1, 0.15) is 0 Å². The Balaban J connectivity index is 0. The van der Waals surface area contributed by atoms with Gasteiger partial charge >= 0.3 is 0 Å². The number of thioether (sulfide) groups is 1. The quantitative estimate of drug-likeness (QED) is 0.187. The van der Waals surface area contributed by atoms with E-state index < -0.39 is 0 Å². The Kier molecular flexibility index (Phi) is 19.9. The van der Waals surface area contributed by atoms with Crippen molar-refractivity contribution >= 4 is 29.4 Å². The van der Waals surface area contributed by atoms with Crippen molar-refractivity contribution in [2.75, 3.05) is 20.6 Å². The van der Waals surface area contributed by atoms with Crippen molar-refractivity contribution in [3.8, 4) is 0 Å².